The van der Waals surface area contributed by atoms with Crippen LogP contribution in [0.4, 0.5) is 5.69 Å². The highest BCUT2D eigenvalue weighted by atomic mass is 32.2. The lowest BCUT2D eigenvalue weighted by molar-refractivity contribution is -0.119. The van der Waals surface area contributed by atoms with E-state index in [1.54, 1.807) is 25.3 Å². The van der Waals surface area contributed by atoms with Gasteiger partial charge < -0.3 is 10.1 Å². The Morgan fingerprint density at radius 1 is 1.15 bits per heavy atom. The van der Waals surface area contributed by atoms with E-state index < -0.39 is 10.0 Å². The van der Waals surface area contributed by atoms with Gasteiger partial charge in [-0.3, -0.25) is 9.10 Å². The van der Waals surface area contributed by atoms with Gasteiger partial charge in [0.05, 0.1) is 19.1 Å². The molecular weight excluding hydrogens is 352 g/mol. The van der Waals surface area contributed by atoms with Gasteiger partial charge in [0.2, 0.25) is 15.9 Å². The number of aryl methyl sites for hydroxylation is 1. The van der Waals surface area contributed by atoms with Crippen molar-refractivity contribution in [2.45, 2.75) is 13.3 Å². The van der Waals surface area contributed by atoms with Crippen LogP contribution in [0, 0.1) is 6.92 Å². The molecule has 0 fully saturated rings. The molecule has 0 aliphatic heterocycles. The summed E-state index contributed by atoms with van der Waals surface area (Å²) in [7, 11) is -1.95. The summed E-state index contributed by atoms with van der Waals surface area (Å²) < 4.78 is 30.4. The van der Waals surface area contributed by atoms with Gasteiger partial charge in [-0.25, -0.2) is 8.42 Å². The number of carbonyl (C=O) groups is 1. The van der Waals surface area contributed by atoms with Crippen LogP contribution >= 0.6 is 0 Å². The van der Waals surface area contributed by atoms with Crippen LogP contribution < -0.4 is 14.4 Å². The van der Waals surface area contributed by atoms with Crippen molar-refractivity contribution in [3.05, 3.63) is 59.7 Å². The zero-order valence-corrected chi connectivity index (χ0v) is 16.0. The summed E-state index contributed by atoms with van der Waals surface area (Å²) >= 11 is 0. The van der Waals surface area contributed by atoms with Crippen molar-refractivity contribution in [1.82, 2.24) is 5.32 Å². The Morgan fingerprint density at radius 2 is 1.85 bits per heavy atom. The highest BCUT2D eigenvalue weighted by Gasteiger charge is 2.20. The van der Waals surface area contributed by atoms with Crippen molar-refractivity contribution in [3.63, 3.8) is 0 Å². The number of hydrogen-bond donors (Lipinski definition) is 1. The average Bonchev–Trinajstić information content (AvgIpc) is 2.59. The second kappa shape index (κ2) is 8.71. The van der Waals surface area contributed by atoms with Crippen molar-refractivity contribution >= 4 is 21.6 Å². The van der Waals surface area contributed by atoms with Crippen LogP contribution in [0.5, 0.6) is 5.75 Å². The van der Waals surface area contributed by atoms with Crippen LogP contribution in [0.2, 0.25) is 0 Å². The summed E-state index contributed by atoms with van der Waals surface area (Å²) in [6.07, 6.45) is 1.75. The quantitative estimate of drug-likeness (QED) is 0.766. The molecule has 2 aromatic rings. The summed E-state index contributed by atoms with van der Waals surface area (Å²) in [6.45, 7) is 2.06. The summed E-state index contributed by atoms with van der Waals surface area (Å²) in [6, 6.07) is 14.6. The second-order valence-corrected chi connectivity index (χ2v) is 7.96. The Bertz CT molecular complexity index is 848. The van der Waals surface area contributed by atoms with Crippen LogP contribution in [0.25, 0.3) is 0 Å². The molecule has 0 aliphatic rings. The average molecular weight is 376 g/mol. The number of anilines is 1. The fourth-order valence-corrected chi connectivity index (χ4v) is 3.36. The number of methoxy groups -OCH3 is 1. The van der Waals surface area contributed by atoms with E-state index in [1.807, 2.05) is 37.3 Å². The lowest BCUT2D eigenvalue weighted by Gasteiger charge is -2.22. The molecule has 140 valence electrons. The largest absolute Gasteiger partial charge is 0.497 e. The first-order chi connectivity index (χ1) is 12.3. The van der Waals surface area contributed by atoms with Crippen LogP contribution in [-0.4, -0.2) is 40.8 Å². The highest BCUT2D eigenvalue weighted by molar-refractivity contribution is 7.92. The van der Waals surface area contributed by atoms with Crippen LogP contribution in [0.1, 0.15) is 11.1 Å². The van der Waals surface area contributed by atoms with Gasteiger partial charge in [0.15, 0.2) is 0 Å². The van der Waals surface area contributed by atoms with E-state index in [1.165, 1.54) is 0 Å². The van der Waals surface area contributed by atoms with Gasteiger partial charge in [-0.2, -0.15) is 0 Å². The summed E-state index contributed by atoms with van der Waals surface area (Å²) in [5.41, 5.74) is 2.47. The number of carbonyl (C=O) groups excluding carboxylic acids is 1. The zero-order valence-electron chi connectivity index (χ0n) is 15.2. The third-order valence-corrected chi connectivity index (χ3v) is 5.01. The molecule has 0 aromatic heterocycles. The van der Waals surface area contributed by atoms with Gasteiger partial charge in [0.1, 0.15) is 12.3 Å². The van der Waals surface area contributed by atoms with E-state index in [4.69, 9.17) is 4.74 Å². The fraction of sp³-hybridized carbons (Fsp3) is 0.316. The molecule has 0 radical (unpaired) electrons. The summed E-state index contributed by atoms with van der Waals surface area (Å²) in [5, 5.41) is 2.77. The molecule has 0 bridgehead atoms. The smallest absolute Gasteiger partial charge is 0.240 e. The molecule has 2 aromatic carbocycles. The van der Waals surface area contributed by atoms with Gasteiger partial charge >= 0.3 is 0 Å². The van der Waals surface area contributed by atoms with E-state index in [9.17, 15) is 13.2 Å². The van der Waals surface area contributed by atoms with E-state index in [0.717, 1.165) is 27.4 Å². The Labute approximate surface area is 154 Å². The summed E-state index contributed by atoms with van der Waals surface area (Å²) in [5.74, 6) is 0.435. The molecule has 6 nitrogen and oxygen atoms in total. The lowest BCUT2D eigenvalue weighted by atomic mass is 10.1. The number of rotatable bonds is 8. The summed E-state index contributed by atoms with van der Waals surface area (Å²) in [4.78, 5) is 12.2. The number of sulfonamides is 1. The molecule has 7 heteroatoms. The van der Waals surface area contributed by atoms with Crippen LogP contribution in [0.3, 0.4) is 0 Å². The first-order valence-electron chi connectivity index (χ1n) is 8.23. The molecule has 1 amide bonds. The molecule has 0 atom stereocenters. The van der Waals surface area contributed by atoms with E-state index in [2.05, 4.69) is 5.32 Å². The Hall–Kier alpha value is -2.54. The maximum atomic E-state index is 12.2. The highest BCUT2D eigenvalue weighted by Crippen LogP contribution is 2.18. The molecule has 2 rings (SSSR count). The number of hydrogen-bond acceptors (Lipinski definition) is 4. The minimum absolute atomic E-state index is 0.245. The van der Waals surface area contributed by atoms with Gasteiger partial charge in [-0.15, -0.1) is 0 Å². The third-order valence-electron chi connectivity index (χ3n) is 3.87. The van der Waals surface area contributed by atoms with Crippen molar-refractivity contribution in [3.8, 4) is 5.75 Å². The maximum Gasteiger partial charge on any atom is 0.240 e. The van der Waals surface area contributed by atoms with Gasteiger partial charge in [-0.05, 0) is 48.7 Å². The maximum absolute atomic E-state index is 12.2. The van der Waals surface area contributed by atoms with Gasteiger partial charge in [0, 0.05) is 6.54 Å². The number of amides is 1. The first kappa shape index (κ1) is 19.8. The number of ether oxygens (including phenoxy) is 1. The standard InChI is InChI=1S/C19H24N2O4S/c1-15-5-4-6-17(13-15)21(26(3,23)24)14-19(22)20-12-11-16-7-9-18(25-2)10-8-16/h4-10,13H,11-12,14H2,1-3H3,(H,20,22). The van der Waals surface area contributed by atoms with E-state index in [0.29, 0.717) is 18.7 Å². The predicted molar refractivity (Wildman–Crippen MR) is 103 cm³/mol. The van der Waals surface area contributed by atoms with Crippen molar-refractivity contribution in [1.29, 1.82) is 0 Å². The Balaban J connectivity index is 1.95. The number of nitrogens with zero attached hydrogens (tertiary/aromatic N) is 1. The number of benzene rings is 2. The molecular formula is C19H24N2O4S. The van der Waals surface area contributed by atoms with Crippen LogP contribution in [-0.2, 0) is 21.2 Å². The minimum atomic E-state index is -3.56. The molecule has 0 spiro atoms. The van der Waals surface area contributed by atoms with Crippen molar-refractivity contribution < 1.29 is 17.9 Å². The van der Waals surface area contributed by atoms with E-state index in [-0.39, 0.29) is 12.5 Å². The van der Waals surface area contributed by atoms with Crippen LogP contribution in [0.15, 0.2) is 48.5 Å². The molecule has 0 saturated carbocycles. The zero-order chi connectivity index (χ0) is 19.2. The molecule has 0 saturated heterocycles. The fourth-order valence-electron chi connectivity index (χ4n) is 2.51. The molecule has 1 N–H and O–H groups in total. The molecule has 0 heterocycles. The van der Waals surface area contributed by atoms with E-state index >= 15 is 0 Å². The number of nitrogens with one attached hydrogen (secondary N) is 1. The topological polar surface area (TPSA) is 75.7 Å². The van der Waals surface area contributed by atoms with Gasteiger partial charge in [0.25, 0.3) is 0 Å². The molecule has 26 heavy (non-hydrogen) atoms. The predicted octanol–water partition coefficient (Wildman–Crippen LogP) is 2.13. The molecule has 0 aliphatic carbocycles. The second-order valence-electron chi connectivity index (χ2n) is 6.06. The van der Waals surface area contributed by atoms with Crippen molar-refractivity contribution in [2.24, 2.45) is 0 Å². The first-order valence-corrected chi connectivity index (χ1v) is 10.1. The Kier molecular flexibility index (Phi) is 6.63. The monoisotopic (exact) mass is 376 g/mol. The normalized spacial score (nSPS) is 11.0. The SMILES string of the molecule is COc1ccc(CCNC(=O)CN(c2cccc(C)c2)S(C)(=O)=O)cc1. The third kappa shape index (κ3) is 5.77. The minimum Gasteiger partial charge on any atom is -0.497 e. The Morgan fingerprint density at radius 3 is 2.42 bits per heavy atom. The lowest BCUT2D eigenvalue weighted by Crippen LogP contribution is -2.41. The van der Waals surface area contributed by atoms with Crippen molar-refractivity contribution in [2.75, 3.05) is 30.8 Å². The molecule has 0 unspecified atom stereocenters. The van der Waals surface area contributed by atoms with Gasteiger partial charge in [-0.1, -0.05) is 24.3 Å².